The van der Waals surface area contributed by atoms with E-state index < -0.39 is 5.60 Å². The zero-order valence-corrected chi connectivity index (χ0v) is 22.1. The molecule has 33 heavy (non-hydrogen) atoms. The summed E-state index contributed by atoms with van der Waals surface area (Å²) in [5.74, 6) is 3.79. The first-order chi connectivity index (χ1) is 15.7. The van der Waals surface area contributed by atoms with Crippen LogP contribution in [0.3, 0.4) is 0 Å². The molecule has 0 aromatic rings. The molecule has 0 aromatic carbocycles. The van der Waals surface area contributed by atoms with Gasteiger partial charge >= 0.3 is 0 Å². The van der Waals surface area contributed by atoms with Gasteiger partial charge in [-0.15, -0.1) is 0 Å². The van der Waals surface area contributed by atoms with Gasteiger partial charge in [-0.05, 0) is 99.5 Å². The molecular weight excluding hydrogens is 408 g/mol. The van der Waals surface area contributed by atoms with Crippen molar-refractivity contribution in [2.24, 2.45) is 46.2 Å². The number of hydrogen-bond donors (Lipinski definition) is 4. The van der Waals surface area contributed by atoms with Gasteiger partial charge < -0.3 is 21.3 Å². The van der Waals surface area contributed by atoms with Gasteiger partial charge in [-0.2, -0.15) is 0 Å². The Morgan fingerprint density at radius 3 is 2.55 bits per heavy atom. The van der Waals surface area contributed by atoms with Gasteiger partial charge in [0.2, 0.25) is 0 Å². The molecule has 0 aromatic heterocycles. The number of nitrogens with one attached hydrogen (secondary N) is 1. The molecule has 0 spiro atoms. The van der Waals surface area contributed by atoms with Crippen LogP contribution in [0.15, 0.2) is 0 Å². The predicted octanol–water partition coefficient (Wildman–Crippen LogP) is 5.25. The van der Waals surface area contributed by atoms with E-state index in [1.807, 2.05) is 0 Å². The number of fused-ring (bicyclic) bond motifs is 5. The highest BCUT2D eigenvalue weighted by molar-refractivity contribution is 5.18. The third-order valence-corrected chi connectivity index (χ3v) is 11.7. The average Bonchev–Trinajstić information content (AvgIpc) is 3.13. The first-order valence-electron chi connectivity index (χ1n) is 14.5. The van der Waals surface area contributed by atoms with Gasteiger partial charge in [0.25, 0.3) is 0 Å². The topological polar surface area (TPSA) is 78.5 Å². The summed E-state index contributed by atoms with van der Waals surface area (Å²) >= 11 is 0. The average molecular weight is 463 g/mol. The van der Waals surface area contributed by atoms with E-state index >= 15 is 0 Å². The van der Waals surface area contributed by atoms with Crippen molar-refractivity contribution in [1.82, 2.24) is 5.32 Å². The Morgan fingerprint density at radius 2 is 1.82 bits per heavy atom. The lowest BCUT2D eigenvalue weighted by Gasteiger charge is -2.66. The number of hydrogen-bond acceptors (Lipinski definition) is 4. The predicted molar refractivity (Wildman–Crippen MR) is 137 cm³/mol. The molecule has 4 rings (SSSR count). The largest absolute Gasteiger partial charge is 0.393 e. The van der Waals surface area contributed by atoms with Crippen molar-refractivity contribution in [3.63, 3.8) is 0 Å². The van der Waals surface area contributed by atoms with Crippen molar-refractivity contribution in [3.8, 4) is 0 Å². The van der Waals surface area contributed by atoms with E-state index in [2.05, 4.69) is 33.0 Å². The van der Waals surface area contributed by atoms with Crippen molar-refractivity contribution in [2.75, 3.05) is 13.1 Å². The van der Waals surface area contributed by atoms with E-state index in [9.17, 15) is 10.2 Å². The lowest BCUT2D eigenvalue weighted by atomic mass is 9.42. The molecule has 0 heterocycles. The van der Waals surface area contributed by atoms with Crippen LogP contribution in [-0.2, 0) is 0 Å². The van der Waals surface area contributed by atoms with Gasteiger partial charge in [0.05, 0.1) is 11.7 Å². The van der Waals surface area contributed by atoms with Crippen LogP contribution in [-0.4, -0.2) is 41.0 Å². The fourth-order valence-electron chi connectivity index (χ4n) is 9.82. The zero-order valence-electron chi connectivity index (χ0n) is 22.1. The molecule has 4 heteroatoms. The van der Waals surface area contributed by atoms with Crippen molar-refractivity contribution >= 4 is 0 Å². The van der Waals surface area contributed by atoms with Crippen molar-refractivity contribution in [3.05, 3.63) is 0 Å². The van der Waals surface area contributed by atoms with Gasteiger partial charge in [0, 0.05) is 17.9 Å². The first kappa shape index (κ1) is 25.9. The van der Waals surface area contributed by atoms with Gasteiger partial charge in [0.1, 0.15) is 0 Å². The fourth-order valence-corrected chi connectivity index (χ4v) is 9.82. The van der Waals surface area contributed by atoms with Crippen molar-refractivity contribution in [1.29, 1.82) is 0 Å². The smallest absolute Gasteiger partial charge is 0.0880 e. The SMILES string of the molecule is CCCCC[C@@H](C)C1CC[C@H]2C3CC(NCCCN)[C@@]4(O)C[C@@H](O)CCC4(C)[C@H]3CCC12C. The molecule has 4 aliphatic carbocycles. The molecule has 0 radical (unpaired) electrons. The van der Waals surface area contributed by atoms with E-state index in [0.717, 1.165) is 50.0 Å². The highest BCUT2D eigenvalue weighted by Gasteiger charge is 2.67. The first-order valence-corrected chi connectivity index (χ1v) is 14.5. The summed E-state index contributed by atoms with van der Waals surface area (Å²) in [5, 5.41) is 26.6. The van der Waals surface area contributed by atoms with E-state index in [1.54, 1.807) is 0 Å². The van der Waals surface area contributed by atoms with Crippen molar-refractivity contribution < 1.29 is 10.2 Å². The van der Waals surface area contributed by atoms with Gasteiger partial charge in [0.15, 0.2) is 0 Å². The number of aliphatic hydroxyl groups excluding tert-OH is 1. The molecule has 5 N–H and O–H groups in total. The molecule has 192 valence electrons. The van der Waals surface area contributed by atoms with Gasteiger partial charge in [-0.1, -0.05) is 53.4 Å². The summed E-state index contributed by atoms with van der Waals surface area (Å²) < 4.78 is 0. The Kier molecular flexibility index (Phi) is 7.91. The van der Waals surface area contributed by atoms with Crippen molar-refractivity contribution in [2.45, 2.75) is 129 Å². The molecule has 4 saturated carbocycles. The lowest BCUT2D eigenvalue weighted by Crippen LogP contribution is -2.71. The zero-order chi connectivity index (χ0) is 23.9. The summed E-state index contributed by atoms with van der Waals surface area (Å²) in [5.41, 5.74) is 5.36. The standard InChI is InChI=1S/C29H54N2O2/c1-5-6-7-9-20(2)23-10-11-24-22-18-26(31-17-8-16-30)29(33)19-21(32)12-15-28(29,4)25(22)13-14-27(23,24)3/h20-26,31-33H,5-19,30H2,1-4H3/t20-,21+,22?,23?,24+,25+,26?,27?,28?,29+/m1/s1. The second-order valence-corrected chi connectivity index (χ2v) is 13.2. The molecule has 0 aliphatic heterocycles. The lowest BCUT2D eigenvalue weighted by molar-refractivity contribution is -0.234. The second-order valence-electron chi connectivity index (χ2n) is 13.2. The van der Waals surface area contributed by atoms with Crippen LogP contribution in [0.25, 0.3) is 0 Å². The van der Waals surface area contributed by atoms with Crippen LogP contribution in [0.1, 0.15) is 111 Å². The summed E-state index contributed by atoms with van der Waals surface area (Å²) in [6.07, 6.45) is 14.9. The van der Waals surface area contributed by atoms with Crippen LogP contribution >= 0.6 is 0 Å². The minimum absolute atomic E-state index is 0.0774. The van der Waals surface area contributed by atoms with Crippen LogP contribution in [0, 0.1) is 40.4 Å². The maximum Gasteiger partial charge on any atom is 0.0880 e. The Bertz CT molecular complexity index is 658. The Balaban J connectivity index is 1.58. The van der Waals surface area contributed by atoms with E-state index in [1.165, 1.54) is 51.4 Å². The summed E-state index contributed by atoms with van der Waals surface area (Å²) in [6, 6.07) is 0.0774. The Labute approximate surface area is 203 Å². The number of unbranched alkanes of at least 4 members (excludes halogenated alkanes) is 2. The van der Waals surface area contributed by atoms with Crippen LogP contribution in [0.2, 0.25) is 0 Å². The van der Waals surface area contributed by atoms with Gasteiger partial charge in [-0.3, -0.25) is 0 Å². The number of rotatable bonds is 9. The number of aliphatic hydroxyl groups is 2. The quantitative estimate of drug-likeness (QED) is 0.353. The maximum absolute atomic E-state index is 12.2. The molecule has 0 bridgehead atoms. The Morgan fingerprint density at radius 1 is 1.03 bits per heavy atom. The molecule has 5 unspecified atom stereocenters. The normalized spacial score (nSPS) is 48.1. The monoisotopic (exact) mass is 462 g/mol. The third kappa shape index (κ3) is 4.34. The Hall–Kier alpha value is -0.160. The highest BCUT2D eigenvalue weighted by atomic mass is 16.3. The molecular formula is C29H54N2O2. The highest BCUT2D eigenvalue weighted by Crippen LogP contribution is 2.69. The molecule has 4 nitrogen and oxygen atoms in total. The molecule has 4 fully saturated rings. The van der Waals surface area contributed by atoms with E-state index in [-0.39, 0.29) is 17.6 Å². The minimum atomic E-state index is -0.806. The van der Waals surface area contributed by atoms with Crippen LogP contribution in [0.4, 0.5) is 0 Å². The molecule has 10 atom stereocenters. The van der Waals surface area contributed by atoms with E-state index in [4.69, 9.17) is 5.73 Å². The second kappa shape index (κ2) is 10.1. The molecule has 0 saturated heterocycles. The third-order valence-electron chi connectivity index (χ3n) is 11.7. The summed E-state index contributed by atoms with van der Waals surface area (Å²) in [7, 11) is 0. The van der Waals surface area contributed by atoms with E-state index in [0.29, 0.717) is 30.2 Å². The maximum atomic E-state index is 12.2. The van der Waals surface area contributed by atoms with Gasteiger partial charge in [-0.25, -0.2) is 0 Å². The van der Waals surface area contributed by atoms with Crippen LogP contribution < -0.4 is 11.1 Å². The van der Waals surface area contributed by atoms with Crippen LogP contribution in [0.5, 0.6) is 0 Å². The minimum Gasteiger partial charge on any atom is -0.393 e. The summed E-state index contributed by atoms with van der Waals surface area (Å²) in [4.78, 5) is 0. The number of nitrogens with two attached hydrogens (primary N) is 1. The molecule has 4 aliphatic rings. The fraction of sp³-hybridized carbons (Fsp3) is 1.00. The summed E-state index contributed by atoms with van der Waals surface area (Å²) in [6.45, 7) is 11.4. The molecule has 0 amide bonds.